The van der Waals surface area contributed by atoms with Crippen molar-refractivity contribution in [3.63, 3.8) is 0 Å². The molecule has 2 aliphatic heterocycles. The van der Waals surface area contributed by atoms with E-state index in [9.17, 15) is 13.2 Å². The van der Waals surface area contributed by atoms with Gasteiger partial charge >= 0.3 is 0 Å². The highest BCUT2D eigenvalue weighted by atomic mass is 32.2. The van der Waals surface area contributed by atoms with Crippen LogP contribution in [-0.4, -0.2) is 37.7 Å². The molecule has 3 aliphatic rings. The van der Waals surface area contributed by atoms with E-state index in [0.717, 1.165) is 18.4 Å². The SMILES string of the molecule is C1CCNCC1.CC1=C/C(=C2\C(=O)N(c3ccc(S(=O)(=O)O)cc3)N=C2C)CC(C)(C)C1. The molecule has 2 N–H and O–H groups in total. The number of hydrogen-bond acceptors (Lipinski definition) is 5. The summed E-state index contributed by atoms with van der Waals surface area (Å²) in [5, 5.41) is 8.92. The molecule has 32 heavy (non-hydrogen) atoms. The van der Waals surface area contributed by atoms with Crippen LogP contribution in [0.15, 0.2) is 57.1 Å². The van der Waals surface area contributed by atoms with Crippen LogP contribution >= 0.6 is 0 Å². The number of benzene rings is 1. The van der Waals surface area contributed by atoms with E-state index in [-0.39, 0.29) is 16.2 Å². The number of nitrogens with one attached hydrogen (secondary N) is 1. The molecule has 0 saturated carbocycles. The first-order valence-electron chi connectivity index (χ1n) is 11.1. The lowest BCUT2D eigenvalue weighted by Gasteiger charge is -2.31. The number of carbonyl (C=O) groups excluding carboxylic acids is 1. The number of nitrogens with zero attached hydrogens (tertiary/aromatic N) is 2. The lowest BCUT2D eigenvalue weighted by molar-refractivity contribution is -0.114. The van der Waals surface area contributed by atoms with Crippen molar-refractivity contribution in [1.29, 1.82) is 0 Å². The van der Waals surface area contributed by atoms with Crippen molar-refractivity contribution in [2.45, 2.75) is 64.7 Å². The molecule has 0 aromatic heterocycles. The number of piperidine rings is 1. The summed E-state index contributed by atoms with van der Waals surface area (Å²) >= 11 is 0. The van der Waals surface area contributed by atoms with Gasteiger partial charge in [-0.1, -0.05) is 31.9 Å². The van der Waals surface area contributed by atoms with Crippen LogP contribution in [0.5, 0.6) is 0 Å². The Hall–Kier alpha value is -2.29. The number of carbonyl (C=O) groups is 1. The summed E-state index contributed by atoms with van der Waals surface area (Å²) in [6.45, 7) is 10.7. The number of hydrazone groups is 1. The zero-order valence-electron chi connectivity index (χ0n) is 19.3. The standard InChI is InChI=1S/C19H22N2O4S.C5H11N/c1-12-9-14(11-19(3,4)10-12)17-13(2)20-21(18(17)22)15-5-7-16(8-6-15)26(23,24)25;1-2-4-6-5-3-1/h5-9H,10-11H2,1-4H3,(H,23,24,25);6H,1-5H2/b17-14+;. The summed E-state index contributed by atoms with van der Waals surface area (Å²) in [6, 6.07) is 5.41. The Morgan fingerprint density at radius 1 is 1.03 bits per heavy atom. The molecule has 1 aromatic carbocycles. The van der Waals surface area contributed by atoms with Crippen LogP contribution in [0.3, 0.4) is 0 Å². The first-order valence-corrected chi connectivity index (χ1v) is 12.5. The Morgan fingerprint density at radius 3 is 2.12 bits per heavy atom. The van der Waals surface area contributed by atoms with Gasteiger partial charge in [-0.05, 0) is 87.9 Å². The third-order valence-electron chi connectivity index (χ3n) is 5.77. The quantitative estimate of drug-likeness (QED) is 0.502. The van der Waals surface area contributed by atoms with Crippen molar-refractivity contribution in [3.05, 3.63) is 47.1 Å². The van der Waals surface area contributed by atoms with Crippen molar-refractivity contribution in [2.75, 3.05) is 18.1 Å². The molecule has 0 bridgehead atoms. The van der Waals surface area contributed by atoms with Crippen molar-refractivity contribution in [3.8, 4) is 0 Å². The molecule has 0 radical (unpaired) electrons. The molecule has 1 saturated heterocycles. The monoisotopic (exact) mass is 459 g/mol. The molecule has 0 spiro atoms. The Bertz CT molecular complexity index is 1050. The van der Waals surface area contributed by atoms with Crippen molar-refractivity contribution in [2.24, 2.45) is 10.5 Å². The minimum atomic E-state index is -4.27. The number of rotatable bonds is 2. The third kappa shape index (κ3) is 5.94. The second-order valence-corrected chi connectivity index (χ2v) is 10.9. The molecule has 4 rings (SSSR count). The van der Waals surface area contributed by atoms with E-state index in [2.05, 4.69) is 37.3 Å². The number of anilines is 1. The fraction of sp³-hybridized carbons (Fsp3) is 0.500. The summed E-state index contributed by atoms with van der Waals surface area (Å²) in [4.78, 5) is 12.7. The van der Waals surface area contributed by atoms with Crippen LogP contribution in [0.25, 0.3) is 0 Å². The lowest BCUT2D eigenvalue weighted by atomic mass is 9.74. The van der Waals surface area contributed by atoms with Gasteiger partial charge in [-0.25, -0.2) is 0 Å². The smallest absolute Gasteiger partial charge is 0.294 e. The lowest BCUT2D eigenvalue weighted by Crippen LogP contribution is -2.24. The van der Waals surface area contributed by atoms with Crippen LogP contribution in [0.2, 0.25) is 0 Å². The second kappa shape index (κ2) is 9.68. The van der Waals surface area contributed by atoms with Crippen LogP contribution in [0.4, 0.5) is 5.69 Å². The van der Waals surface area contributed by atoms with E-state index in [0.29, 0.717) is 17.0 Å². The zero-order chi connectivity index (χ0) is 23.5. The highest BCUT2D eigenvalue weighted by Gasteiger charge is 2.34. The molecular formula is C24H33N3O4S. The molecule has 7 nitrogen and oxygen atoms in total. The maximum Gasteiger partial charge on any atom is 0.294 e. The van der Waals surface area contributed by atoms with E-state index in [1.165, 1.54) is 67.2 Å². The topological polar surface area (TPSA) is 99.1 Å². The summed E-state index contributed by atoms with van der Waals surface area (Å²) in [7, 11) is -4.27. The number of allylic oxidation sites excluding steroid dienone is 3. The molecule has 1 aliphatic carbocycles. The molecule has 1 aromatic rings. The van der Waals surface area contributed by atoms with Gasteiger partial charge in [0.2, 0.25) is 0 Å². The van der Waals surface area contributed by atoms with Crippen LogP contribution in [0, 0.1) is 5.41 Å². The molecule has 1 amide bonds. The Kier molecular flexibility index (Phi) is 7.37. The minimum Gasteiger partial charge on any atom is -0.317 e. The highest BCUT2D eigenvalue weighted by Crippen LogP contribution is 2.40. The summed E-state index contributed by atoms with van der Waals surface area (Å²) in [5.41, 5.74) is 4.02. The second-order valence-electron chi connectivity index (χ2n) is 9.49. The van der Waals surface area contributed by atoms with Crippen LogP contribution in [0.1, 0.15) is 59.8 Å². The van der Waals surface area contributed by atoms with Gasteiger partial charge in [-0.3, -0.25) is 9.35 Å². The molecule has 174 valence electrons. The predicted molar refractivity (Wildman–Crippen MR) is 127 cm³/mol. The van der Waals surface area contributed by atoms with E-state index in [1.54, 1.807) is 6.92 Å². The van der Waals surface area contributed by atoms with Crippen molar-refractivity contribution < 1.29 is 17.8 Å². The van der Waals surface area contributed by atoms with E-state index in [1.807, 2.05) is 0 Å². The first-order chi connectivity index (χ1) is 15.0. The van der Waals surface area contributed by atoms with Gasteiger partial charge in [0.25, 0.3) is 16.0 Å². The van der Waals surface area contributed by atoms with E-state index in [4.69, 9.17) is 4.55 Å². The van der Waals surface area contributed by atoms with E-state index >= 15 is 0 Å². The van der Waals surface area contributed by atoms with Gasteiger partial charge in [0.05, 0.1) is 21.9 Å². The molecule has 1 fully saturated rings. The average molecular weight is 460 g/mol. The largest absolute Gasteiger partial charge is 0.317 e. The van der Waals surface area contributed by atoms with Gasteiger partial charge in [-0.15, -0.1) is 0 Å². The molecule has 2 heterocycles. The van der Waals surface area contributed by atoms with Crippen molar-refractivity contribution >= 4 is 27.4 Å². The van der Waals surface area contributed by atoms with Gasteiger partial charge in [-0.2, -0.15) is 18.5 Å². The Morgan fingerprint density at radius 2 is 1.66 bits per heavy atom. The van der Waals surface area contributed by atoms with Gasteiger partial charge in [0.1, 0.15) is 0 Å². The Labute approximate surface area is 191 Å². The maximum absolute atomic E-state index is 13.0. The van der Waals surface area contributed by atoms with Crippen molar-refractivity contribution in [1.82, 2.24) is 5.32 Å². The molecule has 0 atom stereocenters. The van der Waals surface area contributed by atoms with Gasteiger partial charge in [0, 0.05) is 0 Å². The van der Waals surface area contributed by atoms with Gasteiger partial charge < -0.3 is 5.32 Å². The summed E-state index contributed by atoms with van der Waals surface area (Å²) in [6.07, 6.45) is 8.08. The summed E-state index contributed by atoms with van der Waals surface area (Å²) < 4.78 is 31.4. The first kappa shape index (κ1) is 24.4. The van der Waals surface area contributed by atoms with Crippen LogP contribution < -0.4 is 10.3 Å². The van der Waals surface area contributed by atoms with Crippen LogP contribution in [-0.2, 0) is 14.9 Å². The highest BCUT2D eigenvalue weighted by molar-refractivity contribution is 7.85. The molecule has 0 unspecified atom stereocenters. The minimum absolute atomic E-state index is 0.0896. The fourth-order valence-electron chi connectivity index (χ4n) is 4.50. The molecule has 8 heteroatoms. The third-order valence-corrected chi connectivity index (χ3v) is 6.64. The number of hydrogen-bond donors (Lipinski definition) is 2. The fourth-order valence-corrected chi connectivity index (χ4v) is 4.98. The number of amides is 1. The Balaban J connectivity index is 0.000000416. The maximum atomic E-state index is 13.0. The molecular weight excluding hydrogens is 426 g/mol. The van der Waals surface area contributed by atoms with Gasteiger partial charge in [0.15, 0.2) is 0 Å². The predicted octanol–water partition coefficient (Wildman–Crippen LogP) is 4.48. The van der Waals surface area contributed by atoms with E-state index < -0.39 is 10.1 Å². The average Bonchev–Trinajstić information content (AvgIpc) is 3.02. The summed E-state index contributed by atoms with van der Waals surface area (Å²) in [5.74, 6) is -0.223. The normalized spacial score (nSPS) is 23.3. The zero-order valence-corrected chi connectivity index (χ0v) is 20.1.